The van der Waals surface area contributed by atoms with Crippen LogP contribution in [0.3, 0.4) is 0 Å². The largest absolute Gasteiger partial charge is 0.396 e. The highest BCUT2D eigenvalue weighted by Gasteiger charge is 2.59. The van der Waals surface area contributed by atoms with Gasteiger partial charge in [0.25, 0.3) is 0 Å². The summed E-state index contributed by atoms with van der Waals surface area (Å²) in [7, 11) is 0. The zero-order chi connectivity index (χ0) is 14.7. The van der Waals surface area contributed by atoms with Gasteiger partial charge in [-0.1, -0.05) is 26.7 Å². The van der Waals surface area contributed by atoms with Gasteiger partial charge >= 0.3 is 0 Å². The highest BCUT2D eigenvalue weighted by Crippen LogP contribution is 2.67. The molecule has 4 aliphatic carbocycles. The molecule has 1 heteroatoms. The van der Waals surface area contributed by atoms with Crippen molar-refractivity contribution in [2.75, 3.05) is 6.61 Å². The summed E-state index contributed by atoms with van der Waals surface area (Å²) < 4.78 is 0. The van der Waals surface area contributed by atoms with Crippen molar-refractivity contribution < 1.29 is 5.11 Å². The lowest BCUT2D eigenvalue weighted by Gasteiger charge is -2.60. The molecule has 4 fully saturated rings. The van der Waals surface area contributed by atoms with Crippen molar-refractivity contribution in [3.8, 4) is 0 Å². The topological polar surface area (TPSA) is 20.2 Å². The fourth-order valence-corrected chi connectivity index (χ4v) is 7.73. The van der Waals surface area contributed by atoms with Gasteiger partial charge in [0.2, 0.25) is 0 Å². The Hall–Kier alpha value is -0.0400. The summed E-state index contributed by atoms with van der Waals surface area (Å²) in [6.07, 6.45) is 14.5. The van der Waals surface area contributed by atoms with Crippen LogP contribution in [0.15, 0.2) is 0 Å². The lowest BCUT2D eigenvalue weighted by atomic mass is 9.45. The minimum absolute atomic E-state index is 0.448. The molecule has 0 radical (unpaired) electrons. The molecule has 21 heavy (non-hydrogen) atoms. The van der Waals surface area contributed by atoms with Gasteiger partial charge in [0.1, 0.15) is 0 Å². The fraction of sp³-hybridized carbons (Fsp3) is 1.00. The van der Waals surface area contributed by atoms with Crippen molar-refractivity contribution in [2.45, 2.75) is 78.1 Å². The number of fused-ring (bicyclic) bond motifs is 5. The third kappa shape index (κ3) is 1.98. The van der Waals surface area contributed by atoms with Crippen LogP contribution in [0, 0.1) is 40.4 Å². The molecule has 120 valence electrons. The summed E-state index contributed by atoms with van der Waals surface area (Å²) in [6.45, 7) is 5.65. The van der Waals surface area contributed by atoms with E-state index in [1.54, 1.807) is 0 Å². The second-order valence-corrected chi connectivity index (χ2v) is 9.50. The van der Waals surface area contributed by atoms with Crippen molar-refractivity contribution in [3.63, 3.8) is 0 Å². The van der Waals surface area contributed by atoms with E-state index in [4.69, 9.17) is 0 Å². The van der Waals surface area contributed by atoms with Crippen LogP contribution in [0.1, 0.15) is 78.1 Å². The number of hydrogen-bond donors (Lipinski definition) is 1. The predicted molar refractivity (Wildman–Crippen MR) is 86.9 cm³/mol. The highest BCUT2D eigenvalue weighted by molar-refractivity contribution is 5.08. The molecule has 4 aliphatic rings. The van der Waals surface area contributed by atoms with E-state index in [0.29, 0.717) is 23.4 Å². The zero-order valence-electron chi connectivity index (χ0n) is 14.1. The Morgan fingerprint density at radius 3 is 2.52 bits per heavy atom. The first-order valence-corrected chi connectivity index (χ1v) is 9.69. The molecule has 4 saturated carbocycles. The van der Waals surface area contributed by atoms with E-state index in [1.165, 1.54) is 64.2 Å². The van der Waals surface area contributed by atoms with Crippen LogP contribution in [-0.2, 0) is 0 Å². The van der Waals surface area contributed by atoms with E-state index in [1.807, 2.05) is 0 Å². The fourth-order valence-electron chi connectivity index (χ4n) is 7.73. The van der Waals surface area contributed by atoms with Crippen LogP contribution in [0.25, 0.3) is 0 Å². The van der Waals surface area contributed by atoms with E-state index in [2.05, 4.69) is 13.8 Å². The van der Waals surface area contributed by atoms with E-state index in [0.717, 1.165) is 23.7 Å². The van der Waals surface area contributed by atoms with Crippen molar-refractivity contribution in [3.05, 3.63) is 0 Å². The lowest BCUT2D eigenvalue weighted by Crippen LogP contribution is -2.53. The Labute approximate surface area is 130 Å². The van der Waals surface area contributed by atoms with E-state index >= 15 is 0 Å². The average Bonchev–Trinajstić information content (AvgIpc) is 2.83. The Morgan fingerprint density at radius 2 is 1.71 bits per heavy atom. The van der Waals surface area contributed by atoms with Crippen LogP contribution in [0.4, 0.5) is 0 Å². The number of aliphatic hydroxyl groups excluding tert-OH is 1. The molecule has 0 spiro atoms. The van der Waals surface area contributed by atoms with Gasteiger partial charge in [-0.15, -0.1) is 0 Å². The quantitative estimate of drug-likeness (QED) is 0.718. The van der Waals surface area contributed by atoms with Gasteiger partial charge < -0.3 is 5.11 Å². The maximum Gasteiger partial charge on any atom is 0.0462 e. The first kappa shape index (κ1) is 14.5. The van der Waals surface area contributed by atoms with Crippen LogP contribution >= 0.6 is 0 Å². The maximum atomic E-state index is 9.91. The Kier molecular flexibility index (Phi) is 3.45. The summed E-state index contributed by atoms with van der Waals surface area (Å²) >= 11 is 0. The second kappa shape index (κ2) is 4.98. The normalized spacial score (nSPS) is 56.4. The molecule has 0 heterocycles. The van der Waals surface area contributed by atoms with Crippen LogP contribution < -0.4 is 0 Å². The van der Waals surface area contributed by atoms with Gasteiger partial charge in [-0.25, -0.2) is 0 Å². The highest BCUT2D eigenvalue weighted by atomic mass is 16.3. The number of rotatable bonds is 1. The Morgan fingerprint density at radius 1 is 0.905 bits per heavy atom. The molecule has 1 unspecified atom stereocenters. The first-order valence-electron chi connectivity index (χ1n) is 9.69. The standard InChI is InChI=1S/C20H34O/c1-19-11-8-14(13-21)18(19)16-7-6-15-5-3-4-10-20(15,2)17(16)9-12-19/h14-18,21H,3-13H2,1-2H3/t14?,15-,16-,17+,18+,19+,20+/m1/s1. The van der Waals surface area contributed by atoms with Crippen molar-refractivity contribution in [2.24, 2.45) is 40.4 Å². The van der Waals surface area contributed by atoms with Crippen molar-refractivity contribution in [1.82, 2.24) is 0 Å². The molecule has 0 saturated heterocycles. The van der Waals surface area contributed by atoms with Crippen LogP contribution in [-0.4, -0.2) is 11.7 Å². The van der Waals surface area contributed by atoms with Gasteiger partial charge in [-0.2, -0.15) is 0 Å². The average molecular weight is 290 g/mol. The summed E-state index contributed by atoms with van der Waals surface area (Å²) in [5.41, 5.74) is 1.21. The van der Waals surface area contributed by atoms with Crippen LogP contribution in [0.2, 0.25) is 0 Å². The maximum absolute atomic E-state index is 9.91. The summed E-state index contributed by atoms with van der Waals surface area (Å²) in [6, 6.07) is 0. The molecule has 0 aromatic heterocycles. The monoisotopic (exact) mass is 290 g/mol. The Balaban J connectivity index is 1.66. The third-order valence-corrected chi connectivity index (χ3v) is 8.78. The number of hydrogen-bond acceptors (Lipinski definition) is 1. The number of aliphatic hydroxyl groups is 1. The van der Waals surface area contributed by atoms with Gasteiger partial charge in [-0.3, -0.25) is 0 Å². The first-order chi connectivity index (χ1) is 10.1. The molecular formula is C20H34O. The van der Waals surface area contributed by atoms with Crippen molar-refractivity contribution >= 4 is 0 Å². The predicted octanol–water partition coefficient (Wildman–Crippen LogP) is 5.03. The molecule has 0 aliphatic heterocycles. The third-order valence-electron chi connectivity index (χ3n) is 8.78. The van der Waals surface area contributed by atoms with Gasteiger partial charge in [-0.05, 0) is 91.8 Å². The van der Waals surface area contributed by atoms with Crippen molar-refractivity contribution in [1.29, 1.82) is 0 Å². The molecule has 0 bridgehead atoms. The summed E-state index contributed by atoms with van der Waals surface area (Å²) in [5.74, 6) is 4.38. The van der Waals surface area contributed by atoms with E-state index in [9.17, 15) is 5.11 Å². The summed E-state index contributed by atoms with van der Waals surface area (Å²) in [5, 5.41) is 9.91. The smallest absolute Gasteiger partial charge is 0.0462 e. The van der Waals surface area contributed by atoms with E-state index in [-0.39, 0.29) is 0 Å². The lowest BCUT2D eigenvalue weighted by molar-refractivity contribution is -0.115. The van der Waals surface area contributed by atoms with Crippen LogP contribution in [0.5, 0.6) is 0 Å². The molecule has 0 aromatic rings. The minimum atomic E-state index is 0.448. The zero-order valence-corrected chi connectivity index (χ0v) is 14.1. The van der Waals surface area contributed by atoms with Gasteiger partial charge in [0.15, 0.2) is 0 Å². The molecular weight excluding hydrogens is 256 g/mol. The summed E-state index contributed by atoms with van der Waals surface area (Å²) in [4.78, 5) is 0. The van der Waals surface area contributed by atoms with E-state index < -0.39 is 0 Å². The van der Waals surface area contributed by atoms with Gasteiger partial charge in [0, 0.05) is 6.61 Å². The molecule has 1 N–H and O–H groups in total. The Bertz CT molecular complexity index is 405. The minimum Gasteiger partial charge on any atom is -0.396 e. The molecule has 0 aromatic carbocycles. The van der Waals surface area contributed by atoms with Gasteiger partial charge in [0.05, 0.1) is 0 Å². The molecule has 4 rings (SSSR count). The second-order valence-electron chi connectivity index (χ2n) is 9.50. The SMILES string of the molecule is C[C@@]12CCC(CO)[C@H]1[C@@H]1CC[C@H]3CCCC[C@]3(C)[C@H]1CC2. The molecule has 7 atom stereocenters. The molecule has 0 amide bonds. The molecule has 1 nitrogen and oxygen atoms in total.